The minimum Gasteiger partial charge on any atom is -0.271 e. The van der Waals surface area contributed by atoms with Crippen molar-refractivity contribution in [3.63, 3.8) is 0 Å². The monoisotopic (exact) mass is 399 g/mol. The molecule has 1 aliphatic carbocycles. The molecule has 148 valence electrons. The summed E-state index contributed by atoms with van der Waals surface area (Å²) in [6.45, 7) is 1.63. The first-order valence-corrected chi connectivity index (χ1v) is 11.0. The molecular formula is C21H25N3O3S. The number of hydrogen-bond donors (Lipinski definition) is 1. The zero-order valence-corrected chi connectivity index (χ0v) is 16.8. The highest BCUT2D eigenvalue weighted by molar-refractivity contribution is 7.92. The van der Waals surface area contributed by atoms with Crippen molar-refractivity contribution in [3.8, 4) is 0 Å². The zero-order valence-electron chi connectivity index (χ0n) is 16.0. The first-order valence-electron chi connectivity index (χ1n) is 9.52. The first kappa shape index (κ1) is 20.1. The summed E-state index contributed by atoms with van der Waals surface area (Å²) in [5.41, 5.74) is 4.86. The van der Waals surface area contributed by atoms with Crippen LogP contribution >= 0.6 is 0 Å². The molecule has 6 nitrogen and oxygen atoms in total. The number of hydrazone groups is 1. The van der Waals surface area contributed by atoms with Gasteiger partial charge < -0.3 is 0 Å². The zero-order chi connectivity index (χ0) is 20.0. The molecule has 0 aromatic heterocycles. The Hall–Kier alpha value is -2.67. The lowest BCUT2D eigenvalue weighted by Gasteiger charge is -2.25. The van der Waals surface area contributed by atoms with Gasteiger partial charge >= 0.3 is 0 Å². The van der Waals surface area contributed by atoms with E-state index in [-0.39, 0.29) is 11.4 Å². The third-order valence-electron chi connectivity index (χ3n) is 4.78. The van der Waals surface area contributed by atoms with Crippen molar-refractivity contribution in [2.24, 2.45) is 5.10 Å². The van der Waals surface area contributed by atoms with E-state index in [0.29, 0.717) is 12.1 Å². The lowest BCUT2D eigenvalue weighted by atomic mass is 10.1. The van der Waals surface area contributed by atoms with Crippen LogP contribution in [0.4, 0.5) is 5.69 Å². The summed E-state index contributed by atoms with van der Waals surface area (Å²) in [6, 6.07) is 15.4. The second-order valence-corrected chi connectivity index (χ2v) is 8.59. The van der Waals surface area contributed by atoms with E-state index in [0.717, 1.165) is 37.0 Å². The van der Waals surface area contributed by atoms with Crippen LogP contribution in [-0.2, 0) is 21.2 Å². The number of carbonyl (C=O) groups is 1. The van der Waals surface area contributed by atoms with Crippen LogP contribution in [0.25, 0.3) is 0 Å². The van der Waals surface area contributed by atoms with Crippen LogP contribution < -0.4 is 9.73 Å². The number of anilines is 1. The summed E-state index contributed by atoms with van der Waals surface area (Å²) in [5.74, 6) is -0.454. The van der Waals surface area contributed by atoms with Crippen molar-refractivity contribution in [2.75, 3.05) is 10.8 Å². The number of hydrogen-bond acceptors (Lipinski definition) is 4. The molecule has 1 N–H and O–H groups in total. The summed E-state index contributed by atoms with van der Waals surface area (Å²) in [5, 5.41) is 4.16. The molecule has 0 saturated heterocycles. The van der Waals surface area contributed by atoms with Crippen molar-refractivity contribution < 1.29 is 13.2 Å². The molecule has 0 bridgehead atoms. The highest BCUT2D eigenvalue weighted by Crippen LogP contribution is 2.27. The number of rotatable bonds is 7. The second-order valence-electron chi connectivity index (χ2n) is 6.73. The predicted molar refractivity (Wildman–Crippen MR) is 111 cm³/mol. The van der Waals surface area contributed by atoms with E-state index < -0.39 is 15.9 Å². The molecule has 1 aliphatic rings. The van der Waals surface area contributed by atoms with Crippen LogP contribution in [0, 0.1) is 0 Å². The minimum absolute atomic E-state index is 0.149. The minimum atomic E-state index is -3.90. The van der Waals surface area contributed by atoms with Crippen LogP contribution in [-0.4, -0.2) is 26.6 Å². The normalized spacial score (nSPS) is 14.0. The molecule has 28 heavy (non-hydrogen) atoms. The SMILES string of the molecule is CCc1ccccc1N(CC(=O)NN=C1CCCC1)S(=O)(=O)c1ccccc1. The van der Waals surface area contributed by atoms with Crippen LogP contribution in [0.3, 0.4) is 0 Å². The van der Waals surface area contributed by atoms with Gasteiger partial charge in [0.15, 0.2) is 0 Å². The molecule has 1 amide bonds. The Bertz CT molecular complexity index is 948. The number of carbonyl (C=O) groups excluding carboxylic acids is 1. The quantitative estimate of drug-likeness (QED) is 0.724. The Balaban J connectivity index is 1.93. The number of aryl methyl sites for hydroxylation is 1. The molecule has 2 aromatic carbocycles. The Morgan fingerprint density at radius 2 is 1.68 bits per heavy atom. The highest BCUT2D eigenvalue weighted by Gasteiger charge is 2.28. The van der Waals surface area contributed by atoms with Gasteiger partial charge in [0.05, 0.1) is 10.6 Å². The van der Waals surface area contributed by atoms with Crippen molar-refractivity contribution in [1.29, 1.82) is 0 Å². The third kappa shape index (κ3) is 4.59. The molecule has 2 aromatic rings. The van der Waals surface area contributed by atoms with E-state index in [9.17, 15) is 13.2 Å². The summed E-state index contributed by atoms with van der Waals surface area (Å²) in [4.78, 5) is 12.7. The summed E-state index contributed by atoms with van der Waals surface area (Å²) >= 11 is 0. The molecule has 1 saturated carbocycles. The fourth-order valence-corrected chi connectivity index (χ4v) is 4.75. The Morgan fingerprint density at radius 1 is 1.04 bits per heavy atom. The van der Waals surface area contributed by atoms with Crippen molar-refractivity contribution in [2.45, 2.75) is 43.9 Å². The van der Waals surface area contributed by atoms with Gasteiger partial charge in [0, 0.05) is 5.71 Å². The molecule has 7 heteroatoms. The van der Waals surface area contributed by atoms with Crippen LogP contribution in [0.2, 0.25) is 0 Å². The van der Waals surface area contributed by atoms with Crippen molar-refractivity contribution in [3.05, 3.63) is 60.2 Å². The van der Waals surface area contributed by atoms with Gasteiger partial charge in [-0.2, -0.15) is 5.10 Å². The summed E-state index contributed by atoms with van der Waals surface area (Å²) in [7, 11) is -3.90. The predicted octanol–water partition coefficient (Wildman–Crippen LogP) is 3.49. The Morgan fingerprint density at radius 3 is 2.36 bits per heavy atom. The standard InChI is InChI=1S/C21H25N3O3S/c1-2-17-10-6-9-15-20(17)24(28(26,27)19-13-4-3-5-14-19)16-21(25)23-22-18-11-7-8-12-18/h3-6,9-10,13-15H,2,7-8,11-12,16H2,1H3,(H,23,25). The van der Waals surface area contributed by atoms with Crippen molar-refractivity contribution >= 4 is 27.3 Å². The van der Waals surface area contributed by atoms with Crippen LogP contribution in [0.15, 0.2) is 64.6 Å². The average Bonchev–Trinajstić information content (AvgIpc) is 3.25. The second kappa shape index (κ2) is 9.01. The van der Waals surface area contributed by atoms with Crippen molar-refractivity contribution in [1.82, 2.24) is 5.43 Å². The average molecular weight is 400 g/mol. The van der Waals surface area contributed by atoms with Gasteiger partial charge in [-0.1, -0.05) is 43.3 Å². The maximum absolute atomic E-state index is 13.3. The van der Waals surface area contributed by atoms with Crippen LogP contribution in [0.1, 0.15) is 38.2 Å². The molecule has 0 radical (unpaired) electrons. The van der Waals surface area contributed by atoms with Crippen LogP contribution in [0.5, 0.6) is 0 Å². The maximum Gasteiger partial charge on any atom is 0.264 e. The molecule has 3 rings (SSSR count). The fourth-order valence-electron chi connectivity index (χ4n) is 3.27. The molecule has 0 heterocycles. The van der Waals surface area contributed by atoms with Gasteiger partial charge in [-0.05, 0) is 55.9 Å². The molecule has 0 unspecified atom stereocenters. The molecule has 0 atom stereocenters. The smallest absolute Gasteiger partial charge is 0.264 e. The third-order valence-corrected chi connectivity index (χ3v) is 6.55. The number of benzene rings is 2. The topological polar surface area (TPSA) is 78.8 Å². The largest absolute Gasteiger partial charge is 0.271 e. The number of sulfonamides is 1. The first-order chi connectivity index (χ1) is 13.5. The van der Waals surface area contributed by atoms with E-state index in [1.165, 1.54) is 16.4 Å². The molecule has 0 aliphatic heterocycles. The Kier molecular flexibility index (Phi) is 6.46. The van der Waals surface area contributed by atoms with E-state index in [1.54, 1.807) is 30.3 Å². The van der Waals surface area contributed by atoms with Gasteiger partial charge in [0.1, 0.15) is 6.54 Å². The van der Waals surface area contributed by atoms with E-state index in [4.69, 9.17) is 0 Å². The van der Waals surface area contributed by atoms with Gasteiger partial charge in [-0.3, -0.25) is 9.10 Å². The number of nitrogens with one attached hydrogen (secondary N) is 1. The van der Waals surface area contributed by atoms with E-state index in [1.807, 2.05) is 19.1 Å². The van der Waals surface area contributed by atoms with Gasteiger partial charge in [0.2, 0.25) is 0 Å². The molecule has 0 spiro atoms. The highest BCUT2D eigenvalue weighted by atomic mass is 32.2. The number of amides is 1. The fraction of sp³-hybridized carbons (Fsp3) is 0.333. The van der Waals surface area contributed by atoms with E-state index in [2.05, 4.69) is 10.5 Å². The Labute approximate surface area is 166 Å². The summed E-state index contributed by atoms with van der Waals surface area (Å²) in [6.07, 6.45) is 4.57. The maximum atomic E-state index is 13.3. The lowest BCUT2D eigenvalue weighted by Crippen LogP contribution is -2.40. The van der Waals surface area contributed by atoms with Gasteiger partial charge in [-0.15, -0.1) is 0 Å². The summed E-state index contributed by atoms with van der Waals surface area (Å²) < 4.78 is 27.8. The lowest BCUT2D eigenvalue weighted by molar-refractivity contribution is -0.119. The van der Waals surface area contributed by atoms with Gasteiger partial charge in [-0.25, -0.2) is 13.8 Å². The number of nitrogens with zero attached hydrogens (tertiary/aromatic N) is 2. The number of para-hydroxylation sites is 1. The molecule has 1 fully saturated rings. The van der Waals surface area contributed by atoms with E-state index >= 15 is 0 Å². The molecular weight excluding hydrogens is 374 g/mol. The van der Waals surface area contributed by atoms with Gasteiger partial charge in [0.25, 0.3) is 15.9 Å².